The highest BCUT2D eigenvalue weighted by Gasteiger charge is 2.24. The lowest BCUT2D eigenvalue weighted by Gasteiger charge is -2.30. The van der Waals surface area contributed by atoms with Crippen LogP contribution in [0.5, 0.6) is 0 Å². The number of hydrogen-bond acceptors (Lipinski definition) is 6. The molecule has 2 unspecified atom stereocenters. The topological polar surface area (TPSA) is 68.5 Å². The molecule has 2 aromatic heterocycles. The molecule has 0 spiro atoms. The van der Waals surface area contributed by atoms with E-state index in [1.165, 1.54) is 21.4 Å². The van der Waals surface area contributed by atoms with Crippen molar-refractivity contribution in [2.24, 2.45) is 0 Å². The van der Waals surface area contributed by atoms with E-state index in [1.807, 2.05) is 25.1 Å². The number of nitrogens with one attached hydrogen (secondary N) is 1. The van der Waals surface area contributed by atoms with Crippen LogP contribution in [-0.4, -0.2) is 27.2 Å². The van der Waals surface area contributed by atoms with E-state index in [4.69, 9.17) is 4.74 Å². The molecule has 1 N–H and O–H groups in total. The molecule has 3 aromatic rings. The first kappa shape index (κ1) is 16.2. The number of ether oxygens (including phenoxy) is 1. The molecule has 6 nitrogen and oxygen atoms in total. The fraction of sp³-hybridized carbons (Fsp3) is 0.389. The summed E-state index contributed by atoms with van der Waals surface area (Å²) in [6.45, 7) is 2.70. The predicted molar refractivity (Wildman–Crippen MR) is 98.3 cm³/mol. The molecule has 2 atom stereocenters. The van der Waals surface area contributed by atoms with Crippen LogP contribution in [-0.2, 0) is 11.2 Å². The second-order valence-electron chi connectivity index (χ2n) is 6.18. The van der Waals surface area contributed by atoms with E-state index in [0.29, 0.717) is 11.6 Å². The van der Waals surface area contributed by atoms with Gasteiger partial charge in [-0.05, 0) is 24.8 Å². The van der Waals surface area contributed by atoms with Gasteiger partial charge < -0.3 is 10.1 Å². The van der Waals surface area contributed by atoms with Gasteiger partial charge in [-0.2, -0.15) is 4.52 Å². The van der Waals surface area contributed by atoms with Crippen LogP contribution in [0.1, 0.15) is 37.1 Å². The zero-order valence-corrected chi connectivity index (χ0v) is 14.8. The van der Waals surface area contributed by atoms with Crippen molar-refractivity contribution in [3.05, 3.63) is 58.0 Å². The van der Waals surface area contributed by atoms with Crippen molar-refractivity contribution in [2.75, 3.05) is 11.9 Å². The molecule has 1 aromatic carbocycles. The molecule has 7 heteroatoms. The van der Waals surface area contributed by atoms with Crippen LogP contribution in [0.15, 0.2) is 41.2 Å². The average Bonchev–Trinajstić information content (AvgIpc) is 3.05. The average molecular weight is 356 g/mol. The quantitative estimate of drug-likeness (QED) is 0.778. The molecular formula is C18H20N4O2S. The van der Waals surface area contributed by atoms with Gasteiger partial charge in [0.05, 0.1) is 6.10 Å². The Morgan fingerprint density at radius 3 is 3.00 bits per heavy atom. The Morgan fingerprint density at radius 1 is 1.36 bits per heavy atom. The molecular weight excluding hydrogens is 336 g/mol. The number of nitrogens with zero attached hydrogens (tertiary/aromatic N) is 3. The lowest BCUT2D eigenvalue weighted by Crippen LogP contribution is -2.30. The molecule has 0 amide bonds. The lowest BCUT2D eigenvalue weighted by atomic mass is 9.98. The molecule has 0 aliphatic carbocycles. The highest BCUT2D eigenvalue weighted by Crippen LogP contribution is 2.30. The Morgan fingerprint density at radius 2 is 2.20 bits per heavy atom. The van der Waals surface area contributed by atoms with Gasteiger partial charge in [0.25, 0.3) is 5.56 Å². The number of hydrogen-bond donors (Lipinski definition) is 1. The molecule has 1 saturated heterocycles. The summed E-state index contributed by atoms with van der Waals surface area (Å²) in [6, 6.07) is 12.1. The summed E-state index contributed by atoms with van der Waals surface area (Å²) in [6.07, 6.45) is 2.63. The van der Waals surface area contributed by atoms with Crippen LogP contribution in [0.4, 0.5) is 5.13 Å². The fourth-order valence-electron chi connectivity index (χ4n) is 3.10. The van der Waals surface area contributed by atoms with Crippen LogP contribution in [0.2, 0.25) is 0 Å². The molecule has 3 heterocycles. The van der Waals surface area contributed by atoms with Crippen molar-refractivity contribution < 1.29 is 4.74 Å². The predicted octanol–water partition coefficient (Wildman–Crippen LogP) is 3.05. The van der Waals surface area contributed by atoms with Crippen LogP contribution in [0.3, 0.4) is 0 Å². The smallest absolute Gasteiger partial charge is 0.275 e. The molecule has 130 valence electrons. The number of aryl methyl sites for hydroxylation is 1. The molecule has 0 bridgehead atoms. The number of aromatic nitrogens is 3. The minimum atomic E-state index is -0.125. The van der Waals surface area contributed by atoms with Gasteiger partial charge in [-0.25, -0.2) is 4.98 Å². The summed E-state index contributed by atoms with van der Waals surface area (Å²) in [5.41, 5.74) is 1.87. The first-order valence-electron chi connectivity index (χ1n) is 8.56. The third kappa shape index (κ3) is 3.43. The summed E-state index contributed by atoms with van der Waals surface area (Å²) >= 11 is 1.42. The van der Waals surface area contributed by atoms with Gasteiger partial charge in [-0.3, -0.25) is 4.79 Å². The summed E-state index contributed by atoms with van der Waals surface area (Å²) in [5.74, 6) is 0. The van der Waals surface area contributed by atoms with Crippen molar-refractivity contribution in [3.8, 4) is 0 Å². The zero-order valence-electron chi connectivity index (χ0n) is 14.0. The summed E-state index contributed by atoms with van der Waals surface area (Å²) < 4.78 is 7.29. The van der Waals surface area contributed by atoms with Crippen LogP contribution < -0.4 is 10.9 Å². The van der Waals surface area contributed by atoms with E-state index < -0.39 is 0 Å². The Kier molecular flexibility index (Phi) is 4.50. The molecule has 1 aliphatic heterocycles. The minimum Gasteiger partial charge on any atom is -0.373 e. The summed E-state index contributed by atoms with van der Waals surface area (Å²) in [5, 5.41) is 8.58. The minimum absolute atomic E-state index is 0.0920. The third-order valence-electron chi connectivity index (χ3n) is 4.44. The fourth-order valence-corrected chi connectivity index (χ4v) is 4.00. The highest BCUT2D eigenvalue weighted by molar-refractivity contribution is 7.20. The van der Waals surface area contributed by atoms with Gasteiger partial charge in [0.2, 0.25) is 10.1 Å². The van der Waals surface area contributed by atoms with Gasteiger partial charge in [0.1, 0.15) is 0 Å². The Bertz CT molecular complexity index is 922. The van der Waals surface area contributed by atoms with Crippen molar-refractivity contribution >= 4 is 21.4 Å². The van der Waals surface area contributed by atoms with E-state index in [9.17, 15) is 4.79 Å². The van der Waals surface area contributed by atoms with E-state index in [-0.39, 0.29) is 17.7 Å². The summed E-state index contributed by atoms with van der Waals surface area (Å²) in [4.78, 5) is 17.2. The second-order valence-corrected chi connectivity index (χ2v) is 7.13. The zero-order chi connectivity index (χ0) is 17.2. The molecule has 0 radical (unpaired) electrons. The maximum atomic E-state index is 12.1. The second kappa shape index (κ2) is 6.93. The van der Waals surface area contributed by atoms with Gasteiger partial charge in [-0.1, -0.05) is 48.6 Å². The number of rotatable bonds is 4. The van der Waals surface area contributed by atoms with Crippen molar-refractivity contribution in [2.45, 2.75) is 38.3 Å². The van der Waals surface area contributed by atoms with Crippen LogP contribution in [0.25, 0.3) is 4.96 Å². The van der Waals surface area contributed by atoms with Crippen LogP contribution in [0, 0.1) is 0 Å². The van der Waals surface area contributed by atoms with Gasteiger partial charge >= 0.3 is 0 Å². The normalized spacial score (nSPS) is 20.7. The monoisotopic (exact) mass is 356 g/mol. The third-order valence-corrected chi connectivity index (χ3v) is 5.28. The molecule has 25 heavy (non-hydrogen) atoms. The van der Waals surface area contributed by atoms with E-state index >= 15 is 0 Å². The standard InChI is InChI=1S/C18H20N4O2S/c1-2-13-11-16(23)22-18(20-13)25-17(21-22)19-14-8-9-24-15(10-14)12-6-4-3-5-7-12/h3-7,11,14-15H,2,8-10H2,1H3,(H,19,21). The first-order chi connectivity index (χ1) is 12.2. The van der Waals surface area contributed by atoms with Crippen LogP contribution >= 0.6 is 11.3 Å². The molecule has 0 saturated carbocycles. The molecule has 1 fully saturated rings. The number of benzene rings is 1. The van der Waals surface area contributed by atoms with Gasteiger partial charge in [0, 0.05) is 24.4 Å². The number of fused-ring (bicyclic) bond motifs is 1. The largest absolute Gasteiger partial charge is 0.373 e. The SMILES string of the molecule is CCc1cc(=O)n2nc(NC3CCOC(c4ccccc4)C3)sc2n1. The molecule has 4 rings (SSSR count). The van der Waals surface area contributed by atoms with Crippen molar-refractivity contribution in [1.29, 1.82) is 0 Å². The summed E-state index contributed by atoms with van der Waals surface area (Å²) in [7, 11) is 0. The molecule has 1 aliphatic rings. The maximum absolute atomic E-state index is 12.1. The van der Waals surface area contributed by atoms with Gasteiger partial charge in [-0.15, -0.1) is 5.10 Å². The van der Waals surface area contributed by atoms with Crippen molar-refractivity contribution in [3.63, 3.8) is 0 Å². The maximum Gasteiger partial charge on any atom is 0.275 e. The lowest BCUT2D eigenvalue weighted by molar-refractivity contribution is 0.00978. The van der Waals surface area contributed by atoms with Gasteiger partial charge in [0.15, 0.2) is 0 Å². The highest BCUT2D eigenvalue weighted by atomic mass is 32.1. The van der Waals surface area contributed by atoms with E-state index in [2.05, 4.69) is 27.5 Å². The van der Waals surface area contributed by atoms with Crippen molar-refractivity contribution in [1.82, 2.24) is 14.6 Å². The van der Waals surface area contributed by atoms with E-state index in [1.54, 1.807) is 6.07 Å². The first-order valence-corrected chi connectivity index (χ1v) is 9.37. The Balaban J connectivity index is 1.52. The number of anilines is 1. The Labute approximate surface area is 149 Å². The Hall–Kier alpha value is -2.25. The van der Waals surface area contributed by atoms with E-state index in [0.717, 1.165) is 30.1 Å².